The van der Waals surface area contributed by atoms with Crippen molar-refractivity contribution in [1.82, 2.24) is 19.9 Å². The number of hydrogen-bond donors (Lipinski definition) is 1. The van der Waals surface area contributed by atoms with E-state index in [9.17, 15) is 4.79 Å². The van der Waals surface area contributed by atoms with Crippen molar-refractivity contribution >= 4 is 28.2 Å². The molecule has 2 aliphatic rings. The predicted octanol–water partition coefficient (Wildman–Crippen LogP) is 3.42. The maximum Gasteiger partial charge on any atom is 0.231 e. The van der Waals surface area contributed by atoms with E-state index in [1.807, 2.05) is 18.2 Å². The molecule has 4 aromatic rings. The number of ether oxygens (including phenoxy) is 2. The third-order valence-corrected chi connectivity index (χ3v) is 6.69. The zero-order valence-corrected chi connectivity index (χ0v) is 19.1. The first-order valence-electron chi connectivity index (χ1n) is 11.7. The summed E-state index contributed by atoms with van der Waals surface area (Å²) in [5, 5.41) is 8.61. The van der Waals surface area contributed by atoms with Gasteiger partial charge in [0.15, 0.2) is 11.4 Å². The van der Waals surface area contributed by atoms with Crippen molar-refractivity contribution in [2.45, 2.75) is 37.8 Å². The number of carbonyl (C=O) groups excluding carboxylic acids is 1. The number of imidazole rings is 1. The molecule has 2 atom stereocenters. The van der Waals surface area contributed by atoms with Gasteiger partial charge >= 0.3 is 0 Å². The van der Waals surface area contributed by atoms with E-state index in [0.717, 1.165) is 48.2 Å². The number of carbonyl (C=O) groups is 1. The van der Waals surface area contributed by atoms with E-state index in [-0.39, 0.29) is 11.9 Å². The molecule has 1 N–H and O–H groups in total. The number of rotatable bonds is 7. The largest absolute Gasteiger partial charge is 0.474 e. The minimum absolute atomic E-state index is 0.0218. The average molecular weight is 462 g/mol. The van der Waals surface area contributed by atoms with E-state index in [0.29, 0.717) is 43.0 Å². The lowest BCUT2D eigenvalue weighted by molar-refractivity contribution is -0.119. The Morgan fingerprint density at radius 2 is 2.15 bits per heavy atom. The van der Waals surface area contributed by atoms with Crippen molar-refractivity contribution in [3.8, 4) is 17.3 Å². The second kappa shape index (κ2) is 8.64. The van der Waals surface area contributed by atoms with Crippen LogP contribution in [0.1, 0.15) is 25.7 Å². The second-order valence-electron chi connectivity index (χ2n) is 8.94. The fraction of sp³-hybridized carbons (Fsp3) is 0.400. The molecule has 34 heavy (non-hydrogen) atoms. The van der Waals surface area contributed by atoms with Crippen molar-refractivity contribution in [2.75, 3.05) is 31.8 Å². The number of hydrogen-bond acceptors (Lipinski definition) is 7. The summed E-state index contributed by atoms with van der Waals surface area (Å²) in [6.45, 7) is 2.11. The zero-order valence-electron chi connectivity index (χ0n) is 19.1. The molecule has 3 aromatic heterocycles. The Balaban J connectivity index is 1.31. The van der Waals surface area contributed by atoms with E-state index < -0.39 is 0 Å². The molecule has 0 bridgehead atoms. The molecule has 0 spiro atoms. The molecule has 9 nitrogen and oxygen atoms in total. The maximum absolute atomic E-state index is 11.4. The first-order chi connectivity index (χ1) is 16.7. The number of benzene rings is 1. The molecule has 1 aromatic carbocycles. The normalized spacial score (nSPS) is 20.5. The number of nitrogens with one attached hydrogen (secondary N) is 1. The van der Waals surface area contributed by atoms with Crippen LogP contribution in [0.3, 0.4) is 0 Å². The summed E-state index contributed by atoms with van der Waals surface area (Å²) in [4.78, 5) is 18.3. The van der Waals surface area contributed by atoms with Gasteiger partial charge in [0, 0.05) is 37.2 Å². The van der Waals surface area contributed by atoms with Gasteiger partial charge in [-0.15, -0.1) is 5.10 Å². The highest BCUT2D eigenvalue weighted by molar-refractivity contribution is 5.94. The van der Waals surface area contributed by atoms with Crippen LogP contribution >= 0.6 is 0 Å². The Bertz CT molecular complexity index is 1350. The Morgan fingerprint density at radius 3 is 3.00 bits per heavy atom. The van der Waals surface area contributed by atoms with Crippen LogP contribution in [-0.2, 0) is 9.53 Å². The van der Waals surface area contributed by atoms with Gasteiger partial charge in [0.25, 0.3) is 0 Å². The smallest absolute Gasteiger partial charge is 0.231 e. The summed E-state index contributed by atoms with van der Waals surface area (Å²) in [6, 6.07) is 12.3. The Kier molecular flexibility index (Phi) is 5.33. The lowest BCUT2D eigenvalue weighted by atomic mass is 10.1. The quantitative estimate of drug-likeness (QED) is 0.451. The van der Waals surface area contributed by atoms with Gasteiger partial charge in [0.2, 0.25) is 11.8 Å². The van der Waals surface area contributed by atoms with Crippen LogP contribution in [0.5, 0.6) is 5.88 Å². The molecule has 2 saturated heterocycles. The van der Waals surface area contributed by atoms with Gasteiger partial charge in [-0.1, -0.05) is 6.07 Å². The van der Waals surface area contributed by atoms with E-state index in [4.69, 9.17) is 13.9 Å². The molecule has 2 unspecified atom stereocenters. The Morgan fingerprint density at radius 1 is 1.21 bits per heavy atom. The lowest BCUT2D eigenvalue weighted by Gasteiger charge is -2.26. The third kappa shape index (κ3) is 3.75. The van der Waals surface area contributed by atoms with Gasteiger partial charge < -0.3 is 24.1 Å². The average Bonchev–Trinajstić information content (AvgIpc) is 3.63. The summed E-state index contributed by atoms with van der Waals surface area (Å²) in [7, 11) is 1.76. The van der Waals surface area contributed by atoms with Crippen LogP contribution in [-0.4, -0.2) is 59.5 Å². The molecular weight excluding hydrogens is 434 g/mol. The van der Waals surface area contributed by atoms with Crippen LogP contribution in [0, 0.1) is 0 Å². The SMILES string of the molecule is COCC1CCCN1c1cccc2oc(-c3cnc4ccc(OCC5CCC(=O)N5)nn34)cc12. The minimum Gasteiger partial charge on any atom is -0.474 e. The number of fused-ring (bicyclic) bond motifs is 2. The number of aromatic nitrogens is 3. The summed E-state index contributed by atoms with van der Waals surface area (Å²) >= 11 is 0. The number of anilines is 1. The minimum atomic E-state index is 0.0218. The van der Waals surface area contributed by atoms with Crippen molar-refractivity contribution in [2.24, 2.45) is 0 Å². The van der Waals surface area contributed by atoms with Gasteiger partial charge in [0.05, 0.1) is 24.9 Å². The molecule has 6 rings (SSSR count). The van der Waals surface area contributed by atoms with Gasteiger partial charge in [0.1, 0.15) is 17.9 Å². The second-order valence-corrected chi connectivity index (χ2v) is 8.94. The monoisotopic (exact) mass is 461 g/mol. The van der Waals surface area contributed by atoms with E-state index in [1.54, 1.807) is 23.9 Å². The highest BCUT2D eigenvalue weighted by atomic mass is 16.5. The van der Waals surface area contributed by atoms with Crippen molar-refractivity contribution < 1.29 is 18.7 Å². The highest BCUT2D eigenvalue weighted by Gasteiger charge is 2.27. The van der Waals surface area contributed by atoms with E-state index in [1.165, 1.54) is 0 Å². The number of methoxy groups -OCH3 is 1. The number of amides is 1. The van der Waals surface area contributed by atoms with Crippen LogP contribution in [0.25, 0.3) is 28.1 Å². The first-order valence-corrected chi connectivity index (χ1v) is 11.7. The fourth-order valence-corrected chi connectivity index (χ4v) is 5.03. The summed E-state index contributed by atoms with van der Waals surface area (Å²) in [6.07, 6.45) is 5.37. The van der Waals surface area contributed by atoms with Crippen LogP contribution in [0.15, 0.2) is 47.0 Å². The first kappa shape index (κ1) is 21.0. The fourth-order valence-electron chi connectivity index (χ4n) is 5.03. The van der Waals surface area contributed by atoms with Crippen LogP contribution < -0.4 is 15.0 Å². The molecule has 176 valence electrons. The predicted molar refractivity (Wildman–Crippen MR) is 127 cm³/mol. The molecule has 9 heteroatoms. The molecule has 5 heterocycles. The number of nitrogens with zero attached hydrogens (tertiary/aromatic N) is 4. The third-order valence-electron chi connectivity index (χ3n) is 6.69. The van der Waals surface area contributed by atoms with Gasteiger partial charge in [-0.3, -0.25) is 4.79 Å². The molecule has 0 radical (unpaired) electrons. The lowest BCUT2D eigenvalue weighted by Crippen LogP contribution is -2.32. The van der Waals surface area contributed by atoms with Crippen LogP contribution in [0.4, 0.5) is 5.69 Å². The van der Waals surface area contributed by atoms with Gasteiger partial charge in [-0.05, 0) is 43.5 Å². The van der Waals surface area contributed by atoms with Gasteiger partial charge in [-0.2, -0.15) is 0 Å². The van der Waals surface area contributed by atoms with Crippen molar-refractivity contribution in [3.63, 3.8) is 0 Å². The number of furan rings is 1. The molecule has 0 saturated carbocycles. The van der Waals surface area contributed by atoms with E-state index in [2.05, 4.69) is 32.4 Å². The molecule has 1 amide bonds. The van der Waals surface area contributed by atoms with Crippen LogP contribution in [0.2, 0.25) is 0 Å². The summed E-state index contributed by atoms with van der Waals surface area (Å²) < 4.78 is 19.3. The molecule has 2 fully saturated rings. The van der Waals surface area contributed by atoms with Crippen molar-refractivity contribution in [1.29, 1.82) is 0 Å². The van der Waals surface area contributed by atoms with Crippen molar-refractivity contribution in [3.05, 3.63) is 42.6 Å². The topological polar surface area (TPSA) is 94.1 Å². The Labute approximate surface area is 196 Å². The summed E-state index contributed by atoms with van der Waals surface area (Å²) in [5.41, 5.74) is 3.45. The highest BCUT2D eigenvalue weighted by Crippen LogP contribution is 2.37. The van der Waals surface area contributed by atoms with Gasteiger partial charge in [-0.25, -0.2) is 9.50 Å². The van der Waals surface area contributed by atoms with E-state index >= 15 is 0 Å². The molecule has 0 aliphatic carbocycles. The standard InChI is InChI=1S/C25H27N5O4/c1-32-15-17-4-3-11-29(17)19-5-2-6-21-18(19)12-22(34-21)20-13-26-23-8-10-25(28-30(20)23)33-14-16-7-9-24(31)27-16/h2,5-6,8,10,12-13,16-17H,3-4,7,9,11,14-15H2,1H3,(H,27,31). The Hall–Kier alpha value is -3.59. The summed E-state index contributed by atoms with van der Waals surface area (Å²) in [5.74, 6) is 1.25. The molecule has 2 aliphatic heterocycles. The maximum atomic E-state index is 11.4. The molecular formula is C25H27N5O4. The zero-order chi connectivity index (χ0) is 23.1.